The zero-order chi connectivity index (χ0) is 15.4. The molecule has 1 aromatic carbocycles. The van der Waals surface area contributed by atoms with Gasteiger partial charge in [0.2, 0.25) is 5.91 Å². The molecular weight excluding hydrogens is 298 g/mol. The van der Waals surface area contributed by atoms with E-state index in [9.17, 15) is 4.79 Å². The number of amides is 1. The van der Waals surface area contributed by atoms with Gasteiger partial charge in [-0.1, -0.05) is 6.07 Å². The average molecular weight is 321 g/mol. The Morgan fingerprint density at radius 1 is 1.45 bits per heavy atom. The quantitative estimate of drug-likeness (QED) is 0.800. The number of carbonyl (C=O) groups excluding carboxylic acids is 1. The summed E-state index contributed by atoms with van der Waals surface area (Å²) in [6, 6.07) is 7.86. The summed E-state index contributed by atoms with van der Waals surface area (Å²) in [7, 11) is 1.66. The van der Waals surface area contributed by atoms with E-state index >= 15 is 0 Å². The van der Waals surface area contributed by atoms with Gasteiger partial charge in [0.05, 0.1) is 19.5 Å². The molecule has 2 aliphatic rings. The summed E-state index contributed by atoms with van der Waals surface area (Å²) in [5.41, 5.74) is 0.231. The van der Waals surface area contributed by atoms with E-state index in [1.165, 1.54) is 6.42 Å². The van der Waals surface area contributed by atoms with Gasteiger partial charge < -0.3 is 14.4 Å². The molecule has 1 amide bonds. The first kappa shape index (κ1) is 15.7. The molecule has 0 aliphatic carbocycles. The van der Waals surface area contributed by atoms with E-state index in [1.54, 1.807) is 18.9 Å². The molecule has 0 radical (unpaired) electrons. The van der Waals surface area contributed by atoms with E-state index in [2.05, 4.69) is 0 Å². The van der Waals surface area contributed by atoms with Crippen molar-refractivity contribution in [1.29, 1.82) is 0 Å². The third-order valence-electron chi connectivity index (χ3n) is 4.60. The Balaban J connectivity index is 1.55. The molecule has 1 spiro atoms. The maximum Gasteiger partial charge on any atom is 0.232 e. The standard InChI is InChI=1S/C17H23NO3S/c1-20-14-4-2-5-15(10-14)22-11-16(19)18-8-3-6-17(12-18)7-9-21-13-17/h2,4-5,10H,3,6-9,11-13H2,1H3/t17-/m0/s1. The first-order chi connectivity index (χ1) is 10.7. The molecule has 3 rings (SSSR count). The van der Waals surface area contributed by atoms with Crippen molar-refractivity contribution in [2.45, 2.75) is 24.2 Å². The number of hydrogen-bond donors (Lipinski definition) is 0. The maximum absolute atomic E-state index is 12.5. The van der Waals surface area contributed by atoms with Crippen molar-refractivity contribution in [3.8, 4) is 5.75 Å². The molecule has 2 aliphatic heterocycles. The second-order valence-corrected chi connectivity index (χ2v) is 7.24. The second-order valence-electron chi connectivity index (χ2n) is 6.19. The summed E-state index contributed by atoms with van der Waals surface area (Å²) in [6.45, 7) is 3.42. The summed E-state index contributed by atoms with van der Waals surface area (Å²) in [6.07, 6.45) is 3.39. The molecule has 0 aromatic heterocycles. The Bertz CT molecular complexity index is 528. The number of likely N-dealkylation sites (tertiary alicyclic amines) is 1. The third kappa shape index (κ3) is 3.58. The van der Waals surface area contributed by atoms with Crippen molar-refractivity contribution >= 4 is 17.7 Å². The van der Waals surface area contributed by atoms with Crippen LogP contribution in [-0.4, -0.2) is 50.0 Å². The van der Waals surface area contributed by atoms with Crippen molar-refractivity contribution in [2.24, 2.45) is 5.41 Å². The van der Waals surface area contributed by atoms with E-state index in [0.29, 0.717) is 5.75 Å². The molecule has 5 heteroatoms. The zero-order valence-corrected chi connectivity index (χ0v) is 13.9. The van der Waals surface area contributed by atoms with Gasteiger partial charge in [-0.2, -0.15) is 0 Å². The minimum absolute atomic E-state index is 0.231. The number of piperidine rings is 1. The molecule has 4 nitrogen and oxygen atoms in total. The van der Waals surface area contributed by atoms with Crippen LogP contribution in [0.25, 0.3) is 0 Å². The van der Waals surface area contributed by atoms with Gasteiger partial charge in [0.25, 0.3) is 0 Å². The third-order valence-corrected chi connectivity index (χ3v) is 5.58. The van der Waals surface area contributed by atoms with E-state index in [-0.39, 0.29) is 11.3 Å². The fourth-order valence-corrected chi connectivity index (χ4v) is 4.17. The average Bonchev–Trinajstić information content (AvgIpc) is 3.00. The summed E-state index contributed by atoms with van der Waals surface area (Å²) in [4.78, 5) is 15.6. The van der Waals surface area contributed by atoms with Crippen LogP contribution in [0.4, 0.5) is 0 Å². The molecule has 22 heavy (non-hydrogen) atoms. The highest BCUT2D eigenvalue weighted by Crippen LogP contribution is 2.37. The molecule has 0 N–H and O–H groups in total. The number of benzene rings is 1. The molecule has 120 valence electrons. The van der Waals surface area contributed by atoms with Gasteiger partial charge >= 0.3 is 0 Å². The fraction of sp³-hybridized carbons (Fsp3) is 0.588. The Labute approximate surface area is 136 Å². The number of rotatable bonds is 4. The number of carbonyl (C=O) groups is 1. The van der Waals surface area contributed by atoms with Crippen LogP contribution >= 0.6 is 11.8 Å². The molecule has 2 heterocycles. The summed E-state index contributed by atoms with van der Waals surface area (Å²) < 4.78 is 10.8. The summed E-state index contributed by atoms with van der Waals surface area (Å²) in [5, 5.41) is 0. The van der Waals surface area contributed by atoms with Crippen LogP contribution in [0, 0.1) is 5.41 Å². The van der Waals surface area contributed by atoms with Crippen LogP contribution < -0.4 is 4.74 Å². The van der Waals surface area contributed by atoms with E-state index in [4.69, 9.17) is 9.47 Å². The normalized spacial score (nSPS) is 24.7. The number of methoxy groups -OCH3 is 1. The SMILES string of the molecule is COc1cccc(SCC(=O)N2CCC[C@]3(CCOC3)C2)c1. The van der Waals surface area contributed by atoms with Crippen molar-refractivity contribution in [3.63, 3.8) is 0 Å². The number of hydrogen-bond acceptors (Lipinski definition) is 4. The molecular formula is C17H23NO3S. The van der Waals surface area contributed by atoms with Crippen molar-refractivity contribution in [3.05, 3.63) is 24.3 Å². The van der Waals surface area contributed by atoms with Gasteiger partial charge in [0.1, 0.15) is 5.75 Å². The molecule has 1 atom stereocenters. The predicted molar refractivity (Wildman–Crippen MR) is 87.4 cm³/mol. The van der Waals surface area contributed by atoms with Crippen molar-refractivity contribution < 1.29 is 14.3 Å². The highest BCUT2D eigenvalue weighted by Gasteiger charge is 2.40. The molecule has 0 unspecified atom stereocenters. The highest BCUT2D eigenvalue weighted by atomic mass is 32.2. The molecule has 0 saturated carbocycles. The molecule has 1 aromatic rings. The van der Waals surface area contributed by atoms with E-state index in [1.807, 2.05) is 29.2 Å². The Kier molecular flexibility index (Phi) is 4.93. The van der Waals surface area contributed by atoms with Gasteiger partial charge in [0.15, 0.2) is 0 Å². The topological polar surface area (TPSA) is 38.8 Å². The highest BCUT2D eigenvalue weighted by molar-refractivity contribution is 8.00. The lowest BCUT2D eigenvalue weighted by molar-refractivity contribution is -0.131. The summed E-state index contributed by atoms with van der Waals surface area (Å²) in [5.74, 6) is 1.56. The van der Waals surface area contributed by atoms with Crippen LogP contribution in [0.3, 0.4) is 0 Å². The first-order valence-corrected chi connectivity index (χ1v) is 8.82. The van der Waals surface area contributed by atoms with Crippen LogP contribution in [0.2, 0.25) is 0 Å². The van der Waals surface area contributed by atoms with Gasteiger partial charge in [-0.3, -0.25) is 4.79 Å². The lowest BCUT2D eigenvalue weighted by atomic mass is 9.79. The Hall–Kier alpha value is -1.20. The van der Waals surface area contributed by atoms with Gasteiger partial charge in [-0.25, -0.2) is 0 Å². The maximum atomic E-state index is 12.5. The Morgan fingerprint density at radius 2 is 2.36 bits per heavy atom. The smallest absolute Gasteiger partial charge is 0.232 e. The lowest BCUT2D eigenvalue weighted by Crippen LogP contribution is -2.47. The van der Waals surface area contributed by atoms with E-state index < -0.39 is 0 Å². The largest absolute Gasteiger partial charge is 0.497 e. The van der Waals surface area contributed by atoms with Crippen LogP contribution in [0.15, 0.2) is 29.2 Å². The van der Waals surface area contributed by atoms with Crippen LogP contribution in [-0.2, 0) is 9.53 Å². The number of thioether (sulfide) groups is 1. The van der Waals surface area contributed by atoms with Gasteiger partial charge in [-0.05, 0) is 37.5 Å². The lowest BCUT2D eigenvalue weighted by Gasteiger charge is -2.39. The van der Waals surface area contributed by atoms with Gasteiger partial charge in [0, 0.05) is 30.0 Å². The minimum atomic E-state index is 0.231. The van der Waals surface area contributed by atoms with Gasteiger partial charge in [-0.15, -0.1) is 11.8 Å². The van der Waals surface area contributed by atoms with Crippen molar-refractivity contribution in [1.82, 2.24) is 4.90 Å². The van der Waals surface area contributed by atoms with E-state index in [0.717, 1.165) is 49.8 Å². The second kappa shape index (κ2) is 6.92. The predicted octanol–water partition coefficient (Wildman–Crippen LogP) is 2.82. The fourth-order valence-electron chi connectivity index (χ4n) is 3.32. The molecule has 2 saturated heterocycles. The Morgan fingerprint density at radius 3 is 3.14 bits per heavy atom. The molecule has 2 fully saturated rings. The molecule has 0 bridgehead atoms. The van der Waals surface area contributed by atoms with Crippen LogP contribution in [0.5, 0.6) is 5.75 Å². The monoisotopic (exact) mass is 321 g/mol. The number of nitrogens with zero attached hydrogens (tertiary/aromatic N) is 1. The minimum Gasteiger partial charge on any atom is -0.497 e. The van der Waals surface area contributed by atoms with Crippen molar-refractivity contribution in [2.75, 3.05) is 39.2 Å². The zero-order valence-electron chi connectivity index (χ0n) is 13.0. The summed E-state index contributed by atoms with van der Waals surface area (Å²) >= 11 is 1.58. The number of ether oxygens (including phenoxy) is 2. The first-order valence-electron chi connectivity index (χ1n) is 7.83. The van der Waals surface area contributed by atoms with Crippen LogP contribution in [0.1, 0.15) is 19.3 Å².